The molecule has 1 amide bonds. The Morgan fingerprint density at radius 3 is 2.56 bits per heavy atom. The molecule has 0 unspecified atom stereocenters. The van der Waals surface area contributed by atoms with Crippen LogP contribution >= 0.6 is 0 Å². The monoisotopic (exact) mass is 341 g/mol. The Labute approximate surface area is 149 Å². The molecule has 0 aliphatic carbocycles. The molecule has 2 aromatic rings. The molecule has 134 valence electrons. The zero-order valence-corrected chi connectivity index (χ0v) is 15.7. The van der Waals surface area contributed by atoms with Crippen molar-refractivity contribution in [1.29, 1.82) is 0 Å². The Morgan fingerprint density at radius 1 is 1.12 bits per heavy atom. The molecule has 25 heavy (non-hydrogen) atoms. The number of nitrogens with one attached hydrogen (secondary N) is 2. The summed E-state index contributed by atoms with van der Waals surface area (Å²) in [6, 6.07) is 7.63. The van der Waals surface area contributed by atoms with Gasteiger partial charge in [-0.15, -0.1) is 0 Å². The van der Waals surface area contributed by atoms with Gasteiger partial charge in [-0.05, 0) is 65.5 Å². The minimum Gasteiger partial charge on any atom is -0.354 e. The molecule has 1 heterocycles. The fourth-order valence-electron chi connectivity index (χ4n) is 2.50. The van der Waals surface area contributed by atoms with Crippen molar-refractivity contribution in [2.45, 2.75) is 27.2 Å². The summed E-state index contributed by atoms with van der Waals surface area (Å²) in [4.78, 5) is 23.4. The molecule has 0 spiro atoms. The Kier molecular flexibility index (Phi) is 6.47. The summed E-state index contributed by atoms with van der Waals surface area (Å²) in [5.74, 6) is 0.262. The lowest BCUT2D eigenvalue weighted by atomic mass is 10.1. The minimum atomic E-state index is -0.228. The van der Waals surface area contributed by atoms with Crippen LogP contribution in [0, 0.1) is 20.8 Å². The van der Waals surface area contributed by atoms with E-state index in [2.05, 4.69) is 25.5 Å². The number of amides is 1. The molecule has 0 saturated heterocycles. The maximum atomic E-state index is 12.5. The summed E-state index contributed by atoms with van der Waals surface area (Å²) in [5, 5.41) is 6.12. The Balaban J connectivity index is 2.06. The van der Waals surface area contributed by atoms with E-state index >= 15 is 0 Å². The van der Waals surface area contributed by atoms with E-state index in [1.54, 1.807) is 6.07 Å². The van der Waals surface area contributed by atoms with Gasteiger partial charge in [0.15, 0.2) is 0 Å². The fourth-order valence-corrected chi connectivity index (χ4v) is 2.50. The average molecular weight is 341 g/mol. The first-order valence-corrected chi connectivity index (χ1v) is 8.48. The van der Waals surface area contributed by atoms with E-state index in [0.717, 1.165) is 42.0 Å². The van der Waals surface area contributed by atoms with Crippen molar-refractivity contribution in [3.8, 4) is 0 Å². The van der Waals surface area contributed by atoms with Gasteiger partial charge in [0.25, 0.3) is 5.91 Å². The van der Waals surface area contributed by atoms with Crippen molar-refractivity contribution >= 4 is 17.5 Å². The van der Waals surface area contributed by atoms with E-state index in [0.29, 0.717) is 11.6 Å². The number of hydrogen-bond donors (Lipinski definition) is 2. The van der Waals surface area contributed by atoms with Gasteiger partial charge in [-0.25, -0.2) is 9.97 Å². The van der Waals surface area contributed by atoms with Gasteiger partial charge in [-0.2, -0.15) is 0 Å². The van der Waals surface area contributed by atoms with Crippen LogP contribution in [0.5, 0.6) is 0 Å². The zero-order chi connectivity index (χ0) is 18.4. The van der Waals surface area contributed by atoms with E-state index in [1.807, 2.05) is 53.1 Å². The van der Waals surface area contributed by atoms with Crippen molar-refractivity contribution in [3.63, 3.8) is 0 Å². The van der Waals surface area contributed by atoms with Gasteiger partial charge in [-0.3, -0.25) is 4.79 Å². The van der Waals surface area contributed by atoms with Crippen LogP contribution in [0.2, 0.25) is 0 Å². The first-order chi connectivity index (χ1) is 11.8. The normalized spacial score (nSPS) is 10.8. The number of carbonyl (C=O) groups excluding carboxylic acids is 1. The predicted molar refractivity (Wildman–Crippen MR) is 102 cm³/mol. The van der Waals surface area contributed by atoms with Crippen LogP contribution in [-0.2, 0) is 0 Å². The van der Waals surface area contributed by atoms with E-state index in [4.69, 9.17) is 0 Å². The van der Waals surface area contributed by atoms with E-state index in [9.17, 15) is 4.79 Å². The van der Waals surface area contributed by atoms with Crippen molar-refractivity contribution in [2.75, 3.05) is 37.8 Å². The Hall–Kier alpha value is -2.47. The first kappa shape index (κ1) is 18.9. The van der Waals surface area contributed by atoms with Gasteiger partial charge in [-0.1, -0.05) is 17.7 Å². The van der Waals surface area contributed by atoms with Crippen molar-refractivity contribution < 1.29 is 4.79 Å². The highest BCUT2D eigenvalue weighted by Gasteiger charge is 2.12. The molecular formula is C19H27N5O. The quantitative estimate of drug-likeness (QED) is 0.758. The number of benzene rings is 1. The molecule has 2 rings (SSSR count). The summed E-state index contributed by atoms with van der Waals surface area (Å²) in [6.45, 7) is 7.62. The first-order valence-electron chi connectivity index (χ1n) is 8.48. The maximum absolute atomic E-state index is 12.5. The summed E-state index contributed by atoms with van der Waals surface area (Å²) in [6.07, 6.45) is 0.981. The molecule has 0 saturated carbocycles. The molecule has 0 bridgehead atoms. The number of aromatic nitrogens is 2. The molecular weight excluding hydrogens is 314 g/mol. The summed E-state index contributed by atoms with van der Waals surface area (Å²) >= 11 is 0. The number of nitrogens with zero attached hydrogens (tertiary/aromatic N) is 3. The van der Waals surface area contributed by atoms with Crippen LogP contribution in [0.4, 0.5) is 11.6 Å². The summed E-state index contributed by atoms with van der Waals surface area (Å²) < 4.78 is 0. The minimum absolute atomic E-state index is 0.228. The molecule has 1 aromatic heterocycles. The van der Waals surface area contributed by atoms with E-state index < -0.39 is 0 Å². The fraction of sp³-hybridized carbons (Fsp3) is 0.421. The largest absolute Gasteiger partial charge is 0.354 e. The number of carbonyl (C=O) groups is 1. The summed E-state index contributed by atoms with van der Waals surface area (Å²) in [5.41, 5.74) is 4.12. The van der Waals surface area contributed by atoms with Crippen LogP contribution in [0.1, 0.15) is 33.7 Å². The van der Waals surface area contributed by atoms with Gasteiger partial charge in [0.2, 0.25) is 5.95 Å². The smallest absolute Gasteiger partial charge is 0.274 e. The third-order valence-electron chi connectivity index (χ3n) is 3.78. The number of aryl methyl sites for hydroxylation is 3. The molecule has 0 radical (unpaired) electrons. The molecule has 0 aliphatic rings. The van der Waals surface area contributed by atoms with E-state index in [1.165, 1.54) is 0 Å². The van der Waals surface area contributed by atoms with Crippen molar-refractivity contribution in [3.05, 3.63) is 46.8 Å². The third-order valence-corrected chi connectivity index (χ3v) is 3.78. The molecule has 1 aromatic carbocycles. The lowest BCUT2D eigenvalue weighted by molar-refractivity contribution is 0.102. The highest BCUT2D eigenvalue weighted by molar-refractivity contribution is 6.03. The summed E-state index contributed by atoms with van der Waals surface area (Å²) in [7, 11) is 4.08. The molecule has 0 fully saturated rings. The second kappa shape index (κ2) is 8.58. The number of anilines is 2. The lowest BCUT2D eigenvalue weighted by Crippen LogP contribution is -2.19. The van der Waals surface area contributed by atoms with Crippen molar-refractivity contribution in [1.82, 2.24) is 14.9 Å². The lowest BCUT2D eigenvalue weighted by Gasteiger charge is -2.12. The molecule has 2 N–H and O–H groups in total. The zero-order valence-electron chi connectivity index (χ0n) is 15.7. The third kappa shape index (κ3) is 5.83. The second-order valence-corrected chi connectivity index (χ2v) is 6.57. The van der Waals surface area contributed by atoms with Crippen LogP contribution in [0.3, 0.4) is 0 Å². The standard InChI is InChI=1S/C19H27N5O/c1-13-7-8-16(14(2)11-13)22-18(25)17-12-15(3)21-19(23-17)20-9-6-10-24(4)5/h7-8,11-12H,6,9-10H2,1-5H3,(H,22,25)(H,20,21,23). The van der Waals surface area contributed by atoms with Gasteiger partial charge in [0, 0.05) is 17.9 Å². The Morgan fingerprint density at radius 2 is 1.88 bits per heavy atom. The van der Waals surface area contributed by atoms with Crippen LogP contribution in [0.15, 0.2) is 24.3 Å². The van der Waals surface area contributed by atoms with Crippen LogP contribution < -0.4 is 10.6 Å². The highest BCUT2D eigenvalue weighted by Crippen LogP contribution is 2.17. The number of rotatable bonds is 7. The second-order valence-electron chi connectivity index (χ2n) is 6.57. The SMILES string of the molecule is Cc1ccc(NC(=O)c2cc(C)nc(NCCCN(C)C)n2)c(C)c1. The topological polar surface area (TPSA) is 70.2 Å². The van der Waals surface area contributed by atoms with E-state index in [-0.39, 0.29) is 5.91 Å². The number of hydrogen-bond acceptors (Lipinski definition) is 5. The molecule has 6 heteroatoms. The van der Waals surface area contributed by atoms with Gasteiger partial charge < -0.3 is 15.5 Å². The highest BCUT2D eigenvalue weighted by atomic mass is 16.1. The van der Waals surface area contributed by atoms with Crippen LogP contribution in [-0.4, -0.2) is 48.0 Å². The van der Waals surface area contributed by atoms with Crippen molar-refractivity contribution in [2.24, 2.45) is 0 Å². The molecule has 0 atom stereocenters. The van der Waals surface area contributed by atoms with Gasteiger partial charge >= 0.3 is 0 Å². The molecule has 0 aliphatic heterocycles. The van der Waals surface area contributed by atoms with Gasteiger partial charge in [0.1, 0.15) is 5.69 Å². The average Bonchev–Trinajstić information content (AvgIpc) is 2.53. The van der Waals surface area contributed by atoms with Gasteiger partial charge in [0.05, 0.1) is 0 Å². The maximum Gasteiger partial charge on any atom is 0.274 e. The Bertz CT molecular complexity index is 743. The predicted octanol–water partition coefficient (Wildman–Crippen LogP) is 3.02. The molecule has 6 nitrogen and oxygen atoms in total. The van der Waals surface area contributed by atoms with Crippen LogP contribution in [0.25, 0.3) is 0 Å².